The fraction of sp³-hybridized carbons (Fsp3) is 0.0244. The number of hydrogen-bond donors (Lipinski definition) is 1. The van der Waals surface area contributed by atoms with Crippen molar-refractivity contribution in [3.8, 4) is 16.8 Å². The second kappa shape index (κ2) is 9.73. The smallest absolute Gasteiger partial charge is 0.103 e. The highest BCUT2D eigenvalue weighted by Crippen LogP contribution is 2.52. The minimum atomic E-state index is 0.201. The van der Waals surface area contributed by atoms with Gasteiger partial charge in [0.05, 0.1) is 11.0 Å². The van der Waals surface area contributed by atoms with Crippen molar-refractivity contribution in [1.29, 1.82) is 0 Å². The first-order valence-corrected chi connectivity index (χ1v) is 17.0. The molecule has 0 aliphatic carbocycles. The summed E-state index contributed by atoms with van der Waals surface area (Å²) in [5.74, 6) is 0. The summed E-state index contributed by atoms with van der Waals surface area (Å²) < 4.78 is 5.11. The molecule has 0 fully saturated rings. The molecule has 0 saturated carbocycles. The van der Waals surface area contributed by atoms with Gasteiger partial charge in [0.1, 0.15) is 5.37 Å². The first-order valence-electron chi connectivity index (χ1n) is 15.3. The van der Waals surface area contributed by atoms with E-state index in [-0.39, 0.29) is 5.37 Å². The monoisotopic (exact) mass is 610 g/mol. The standard InChI is InChI=1S/C41H26N2S2/c1-2-8-30-27(7-1)19-23-35-38(30)31-9-3-5-11-34(31)43(35)29-20-17-26(18-21-29)25-13-15-28(16-14-25)41-42-33-22-24-37-39(40(33)45-41)32-10-4-6-12-36(32)44-37/h1-24,41-42H. The molecule has 1 atom stereocenters. The molecule has 45 heavy (non-hydrogen) atoms. The molecule has 212 valence electrons. The highest BCUT2D eigenvalue weighted by molar-refractivity contribution is 8.00. The lowest BCUT2D eigenvalue weighted by Crippen LogP contribution is -2.00. The van der Waals surface area contributed by atoms with Crippen molar-refractivity contribution >= 4 is 81.5 Å². The SMILES string of the molecule is c1ccc2c(c1)ccc1c2c2ccccc2n1-c1ccc(-c2ccc(C3Nc4ccc5sc6ccccc6c5c4S3)cc2)cc1. The van der Waals surface area contributed by atoms with Crippen LogP contribution in [0.5, 0.6) is 0 Å². The van der Waals surface area contributed by atoms with Crippen LogP contribution in [0.3, 0.4) is 0 Å². The predicted octanol–water partition coefficient (Wildman–Crippen LogP) is 12.2. The van der Waals surface area contributed by atoms with E-state index in [9.17, 15) is 0 Å². The molecule has 2 nitrogen and oxygen atoms in total. The largest absolute Gasteiger partial charge is 0.368 e. The van der Waals surface area contributed by atoms with Crippen LogP contribution in [0, 0.1) is 0 Å². The molecule has 0 radical (unpaired) electrons. The fourth-order valence-corrected chi connectivity index (χ4v) is 9.62. The first kappa shape index (κ1) is 25.3. The van der Waals surface area contributed by atoms with E-state index in [4.69, 9.17) is 0 Å². The Morgan fingerprint density at radius 2 is 1.22 bits per heavy atom. The van der Waals surface area contributed by atoms with Crippen LogP contribution in [0.1, 0.15) is 10.9 Å². The molecule has 9 aromatic rings. The molecular formula is C41H26N2S2. The summed E-state index contributed by atoms with van der Waals surface area (Å²) in [5.41, 5.74) is 8.62. The third-order valence-electron chi connectivity index (χ3n) is 9.25. The van der Waals surface area contributed by atoms with Gasteiger partial charge in [-0.15, -0.1) is 11.3 Å². The van der Waals surface area contributed by atoms with Gasteiger partial charge in [-0.25, -0.2) is 0 Å². The Hall–Kier alpha value is -5.03. The summed E-state index contributed by atoms with van der Waals surface area (Å²) >= 11 is 3.82. The molecule has 1 aliphatic rings. The van der Waals surface area contributed by atoms with Crippen molar-refractivity contribution in [2.45, 2.75) is 10.3 Å². The van der Waals surface area contributed by atoms with Gasteiger partial charge in [0.25, 0.3) is 0 Å². The van der Waals surface area contributed by atoms with E-state index in [0.717, 1.165) is 0 Å². The number of benzene rings is 7. The molecule has 1 N–H and O–H groups in total. The van der Waals surface area contributed by atoms with Crippen LogP contribution in [0.4, 0.5) is 5.69 Å². The van der Waals surface area contributed by atoms with E-state index in [1.54, 1.807) is 0 Å². The highest BCUT2D eigenvalue weighted by Gasteiger charge is 2.26. The lowest BCUT2D eigenvalue weighted by Gasteiger charge is -2.12. The average Bonchev–Trinajstić information content (AvgIpc) is 3.80. The Bertz CT molecular complexity index is 2590. The molecule has 7 aromatic carbocycles. The Morgan fingerprint density at radius 3 is 2.07 bits per heavy atom. The van der Waals surface area contributed by atoms with Gasteiger partial charge in [-0.05, 0) is 69.9 Å². The van der Waals surface area contributed by atoms with Crippen molar-refractivity contribution in [3.63, 3.8) is 0 Å². The number of thiophene rings is 1. The van der Waals surface area contributed by atoms with Crippen molar-refractivity contribution in [1.82, 2.24) is 4.57 Å². The van der Waals surface area contributed by atoms with E-state index in [1.165, 1.54) is 85.7 Å². The zero-order chi connectivity index (χ0) is 29.5. The molecule has 3 heterocycles. The minimum Gasteiger partial charge on any atom is -0.368 e. The van der Waals surface area contributed by atoms with Crippen molar-refractivity contribution in [3.05, 3.63) is 151 Å². The average molecular weight is 611 g/mol. The molecule has 0 amide bonds. The van der Waals surface area contributed by atoms with Gasteiger partial charge in [0, 0.05) is 47.2 Å². The van der Waals surface area contributed by atoms with Gasteiger partial charge in [-0.3, -0.25) is 0 Å². The summed E-state index contributed by atoms with van der Waals surface area (Å²) in [5, 5.41) is 11.9. The first-order chi connectivity index (χ1) is 22.3. The minimum absolute atomic E-state index is 0.201. The second-order valence-electron chi connectivity index (χ2n) is 11.8. The number of thioether (sulfide) groups is 1. The van der Waals surface area contributed by atoms with Crippen LogP contribution < -0.4 is 5.32 Å². The highest BCUT2D eigenvalue weighted by atomic mass is 32.2. The zero-order valence-corrected chi connectivity index (χ0v) is 25.8. The number of rotatable bonds is 3. The Morgan fingerprint density at radius 1 is 0.511 bits per heavy atom. The fourth-order valence-electron chi connectivity index (χ4n) is 7.13. The summed E-state index contributed by atoms with van der Waals surface area (Å²) in [4.78, 5) is 1.37. The van der Waals surface area contributed by atoms with E-state index < -0.39 is 0 Å². The molecule has 4 heteroatoms. The van der Waals surface area contributed by atoms with Crippen LogP contribution in [0.25, 0.3) is 69.6 Å². The van der Waals surface area contributed by atoms with Crippen LogP contribution >= 0.6 is 23.1 Å². The normalized spacial score (nSPS) is 14.5. The van der Waals surface area contributed by atoms with Gasteiger partial charge in [-0.2, -0.15) is 0 Å². The Kier molecular flexibility index (Phi) is 5.48. The number of hydrogen-bond acceptors (Lipinski definition) is 3. The van der Waals surface area contributed by atoms with Crippen LogP contribution in [0.2, 0.25) is 0 Å². The molecule has 1 aliphatic heterocycles. The summed E-state index contributed by atoms with van der Waals surface area (Å²) in [6.07, 6.45) is 0. The number of anilines is 1. The number of nitrogens with zero attached hydrogens (tertiary/aromatic N) is 1. The van der Waals surface area contributed by atoms with Gasteiger partial charge in [-0.1, -0.05) is 115 Å². The molecule has 10 rings (SSSR count). The zero-order valence-electron chi connectivity index (χ0n) is 24.2. The third-order valence-corrected chi connectivity index (χ3v) is 11.7. The maximum absolute atomic E-state index is 3.78. The second-order valence-corrected chi connectivity index (χ2v) is 14.0. The summed E-state index contributed by atoms with van der Waals surface area (Å²) in [7, 11) is 0. The van der Waals surface area contributed by atoms with Crippen molar-refractivity contribution in [2.24, 2.45) is 0 Å². The quantitative estimate of drug-likeness (QED) is 0.214. The topological polar surface area (TPSA) is 17.0 Å². The van der Waals surface area contributed by atoms with E-state index in [2.05, 4.69) is 155 Å². The number of para-hydroxylation sites is 1. The van der Waals surface area contributed by atoms with E-state index >= 15 is 0 Å². The van der Waals surface area contributed by atoms with Gasteiger partial charge in [0.2, 0.25) is 0 Å². The maximum Gasteiger partial charge on any atom is 0.103 e. The Balaban J connectivity index is 0.977. The summed E-state index contributed by atoms with van der Waals surface area (Å²) in [6, 6.07) is 53.3. The molecule has 2 aromatic heterocycles. The molecule has 0 bridgehead atoms. The number of aromatic nitrogens is 1. The van der Waals surface area contributed by atoms with E-state index in [1.807, 2.05) is 23.1 Å². The lowest BCUT2D eigenvalue weighted by molar-refractivity contribution is 1.14. The number of nitrogens with one attached hydrogen (secondary N) is 1. The van der Waals surface area contributed by atoms with Gasteiger partial charge >= 0.3 is 0 Å². The van der Waals surface area contributed by atoms with Crippen molar-refractivity contribution in [2.75, 3.05) is 5.32 Å². The van der Waals surface area contributed by atoms with Gasteiger partial charge in [0.15, 0.2) is 0 Å². The van der Waals surface area contributed by atoms with Crippen LogP contribution in [0.15, 0.2) is 150 Å². The maximum atomic E-state index is 3.78. The number of fused-ring (bicyclic) bond motifs is 10. The molecule has 1 unspecified atom stereocenters. The predicted molar refractivity (Wildman–Crippen MR) is 195 cm³/mol. The molecule has 0 saturated heterocycles. The van der Waals surface area contributed by atoms with Crippen LogP contribution in [-0.4, -0.2) is 4.57 Å². The summed E-state index contributed by atoms with van der Waals surface area (Å²) in [6.45, 7) is 0. The Labute approximate surface area is 268 Å². The molecule has 0 spiro atoms. The molecular weight excluding hydrogens is 585 g/mol. The third kappa shape index (κ3) is 3.83. The van der Waals surface area contributed by atoms with E-state index in [0.29, 0.717) is 0 Å². The van der Waals surface area contributed by atoms with Gasteiger partial charge < -0.3 is 9.88 Å². The van der Waals surface area contributed by atoms with Crippen LogP contribution in [-0.2, 0) is 0 Å². The lowest BCUT2D eigenvalue weighted by atomic mass is 10.0. The van der Waals surface area contributed by atoms with Crippen molar-refractivity contribution < 1.29 is 0 Å².